The third kappa shape index (κ3) is 1.54. The average Bonchev–Trinajstić information content (AvgIpc) is 3.06. The van der Waals surface area contributed by atoms with Gasteiger partial charge in [0, 0.05) is 23.0 Å². The number of rotatable bonds is 0. The highest BCUT2D eigenvalue weighted by atomic mass is 19.2. The van der Waals surface area contributed by atoms with Gasteiger partial charge in [0.25, 0.3) is 0 Å². The van der Waals surface area contributed by atoms with E-state index in [4.69, 9.17) is 0 Å². The maximum atomic E-state index is 16.0. The predicted molar refractivity (Wildman–Crippen MR) is 77.5 cm³/mol. The molecule has 8 heteroatoms. The molecule has 4 aliphatic rings. The van der Waals surface area contributed by atoms with Crippen LogP contribution in [0.3, 0.4) is 0 Å². The smallest absolute Gasteiger partial charge is 0.200 e. The molecule has 0 amide bonds. The first-order valence-corrected chi connectivity index (χ1v) is 8.05. The molecular formula is C19H8F8. The number of alkyl halides is 2. The predicted octanol–water partition coefficient (Wildman–Crippen LogP) is 5.71. The molecule has 0 aliphatic heterocycles. The van der Waals surface area contributed by atoms with E-state index in [1.807, 2.05) is 0 Å². The highest BCUT2D eigenvalue weighted by Crippen LogP contribution is 2.72. The van der Waals surface area contributed by atoms with Gasteiger partial charge in [-0.05, 0) is 17.5 Å². The van der Waals surface area contributed by atoms with E-state index in [0.29, 0.717) is 5.56 Å². The number of hydrogen-bond donors (Lipinski definition) is 0. The van der Waals surface area contributed by atoms with Crippen molar-refractivity contribution in [1.82, 2.24) is 0 Å². The van der Waals surface area contributed by atoms with Crippen LogP contribution in [0.25, 0.3) is 0 Å². The largest absolute Gasteiger partial charge is 0.230 e. The van der Waals surface area contributed by atoms with Gasteiger partial charge in [0.2, 0.25) is 0 Å². The van der Waals surface area contributed by atoms with Gasteiger partial charge in [0.1, 0.15) is 0 Å². The summed E-state index contributed by atoms with van der Waals surface area (Å²) in [7, 11) is 0. The fourth-order valence-corrected chi connectivity index (χ4v) is 4.95. The summed E-state index contributed by atoms with van der Waals surface area (Å²) in [5.41, 5.74) is -10.2. The van der Waals surface area contributed by atoms with Crippen LogP contribution in [0.2, 0.25) is 0 Å². The van der Waals surface area contributed by atoms with Crippen molar-refractivity contribution >= 4 is 0 Å². The highest BCUT2D eigenvalue weighted by Gasteiger charge is 2.74. The molecule has 2 bridgehead atoms. The Hall–Kier alpha value is -2.38. The first-order chi connectivity index (χ1) is 12.7. The van der Waals surface area contributed by atoms with E-state index in [2.05, 4.69) is 0 Å². The molecule has 4 aliphatic carbocycles. The van der Waals surface area contributed by atoms with Gasteiger partial charge in [-0.15, -0.1) is 0 Å². The molecule has 0 saturated carbocycles. The molecule has 0 heterocycles. The summed E-state index contributed by atoms with van der Waals surface area (Å²) >= 11 is 0. The zero-order chi connectivity index (χ0) is 19.5. The molecule has 6 rings (SSSR count). The molecule has 0 saturated heterocycles. The quantitative estimate of drug-likeness (QED) is 0.308. The number of fused-ring (bicyclic) bond motifs is 1. The topological polar surface area (TPSA) is 0 Å². The van der Waals surface area contributed by atoms with E-state index in [1.54, 1.807) is 0 Å². The molecule has 0 radical (unpaired) electrons. The Morgan fingerprint density at radius 2 is 1.22 bits per heavy atom. The number of hydrogen-bond acceptors (Lipinski definition) is 0. The first kappa shape index (κ1) is 16.8. The Kier molecular flexibility index (Phi) is 2.93. The minimum Gasteiger partial charge on any atom is -0.230 e. The molecule has 0 N–H and O–H groups in total. The van der Waals surface area contributed by atoms with Gasteiger partial charge in [0.05, 0.1) is 0 Å². The van der Waals surface area contributed by atoms with Crippen LogP contribution >= 0.6 is 0 Å². The van der Waals surface area contributed by atoms with E-state index < -0.39 is 69.2 Å². The molecule has 27 heavy (non-hydrogen) atoms. The van der Waals surface area contributed by atoms with E-state index in [1.165, 1.54) is 24.3 Å². The van der Waals surface area contributed by atoms with Crippen LogP contribution < -0.4 is 0 Å². The second-order valence-electron chi connectivity index (χ2n) is 7.04. The summed E-state index contributed by atoms with van der Waals surface area (Å²) in [5.74, 6) is -17.3. The molecule has 2 aromatic carbocycles. The Morgan fingerprint density at radius 3 is 1.85 bits per heavy atom. The van der Waals surface area contributed by atoms with Crippen molar-refractivity contribution in [3.05, 3.63) is 81.4 Å². The van der Waals surface area contributed by atoms with Crippen molar-refractivity contribution in [3.8, 4) is 0 Å². The maximum absolute atomic E-state index is 16.0. The Balaban J connectivity index is 1.97. The van der Waals surface area contributed by atoms with E-state index >= 15 is 8.78 Å². The van der Waals surface area contributed by atoms with Gasteiger partial charge in [-0.2, -0.15) is 0 Å². The van der Waals surface area contributed by atoms with Gasteiger partial charge in [-0.1, -0.05) is 24.3 Å². The van der Waals surface area contributed by atoms with E-state index in [-0.39, 0.29) is 12.0 Å². The lowest BCUT2D eigenvalue weighted by Gasteiger charge is -2.51. The fraction of sp³-hybridized carbons (Fsp3) is 0.263. The van der Waals surface area contributed by atoms with Crippen molar-refractivity contribution in [3.63, 3.8) is 0 Å². The zero-order valence-corrected chi connectivity index (χ0v) is 13.2. The molecule has 0 spiro atoms. The summed E-state index contributed by atoms with van der Waals surface area (Å²) in [4.78, 5) is 0. The molecule has 4 atom stereocenters. The Labute approximate surface area is 147 Å². The number of allylic oxidation sites excluding steroid dienone is 2. The summed E-state index contributed by atoms with van der Waals surface area (Å²) in [6, 6.07) is 5.78. The third-order valence-electron chi connectivity index (χ3n) is 6.00. The van der Waals surface area contributed by atoms with Gasteiger partial charge < -0.3 is 0 Å². The third-order valence-corrected chi connectivity index (χ3v) is 6.00. The average molecular weight is 388 g/mol. The maximum Gasteiger partial charge on any atom is 0.200 e. The normalized spacial score (nSPS) is 33.2. The lowest BCUT2D eigenvalue weighted by Crippen LogP contribution is -2.55. The van der Waals surface area contributed by atoms with E-state index in [9.17, 15) is 26.3 Å². The highest BCUT2D eigenvalue weighted by molar-refractivity contribution is 5.61. The van der Waals surface area contributed by atoms with Crippen molar-refractivity contribution in [2.75, 3.05) is 0 Å². The van der Waals surface area contributed by atoms with Gasteiger partial charge in [-0.3, -0.25) is 0 Å². The van der Waals surface area contributed by atoms with Crippen LogP contribution in [0.15, 0.2) is 35.9 Å². The number of benzene rings is 2. The van der Waals surface area contributed by atoms with Gasteiger partial charge in [-0.25, -0.2) is 35.1 Å². The summed E-state index contributed by atoms with van der Waals surface area (Å²) in [6.07, 6.45) is -0.302. The van der Waals surface area contributed by atoms with Crippen LogP contribution in [-0.2, 0) is 17.8 Å². The van der Waals surface area contributed by atoms with Gasteiger partial charge in [0.15, 0.2) is 46.3 Å². The fourth-order valence-electron chi connectivity index (χ4n) is 4.95. The standard InChI is InChI=1S/C19H8F8/c20-12-10-11(13(21)15(23)14(12)22)19(27)9-7-4-2-1-3-6(7)5-8(9)18(10,26)16(24)17(19)25/h1-4,8-9H,5H2/t8-,9+,18-,19-/m1/s1. The van der Waals surface area contributed by atoms with E-state index in [0.717, 1.165) is 0 Å². The van der Waals surface area contributed by atoms with Crippen LogP contribution in [-0.4, -0.2) is 0 Å². The second-order valence-corrected chi connectivity index (χ2v) is 7.04. The van der Waals surface area contributed by atoms with Gasteiger partial charge >= 0.3 is 0 Å². The molecule has 140 valence electrons. The minimum atomic E-state index is -3.69. The molecule has 0 fully saturated rings. The molecule has 0 aromatic heterocycles. The summed E-state index contributed by atoms with van der Waals surface area (Å²) in [6.45, 7) is 0. The first-order valence-electron chi connectivity index (χ1n) is 8.05. The molecule has 0 nitrogen and oxygen atoms in total. The zero-order valence-electron chi connectivity index (χ0n) is 13.2. The van der Waals surface area contributed by atoms with Crippen molar-refractivity contribution in [2.45, 2.75) is 23.7 Å². The minimum absolute atomic E-state index is 0.0878. The number of halogens is 8. The Bertz CT molecular complexity index is 1070. The summed E-state index contributed by atoms with van der Waals surface area (Å²) < 4.78 is 117. The molecule has 2 aromatic rings. The Morgan fingerprint density at radius 1 is 0.704 bits per heavy atom. The lowest BCUT2D eigenvalue weighted by molar-refractivity contribution is -0.0449. The van der Waals surface area contributed by atoms with Crippen molar-refractivity contribution in [1.29, 1.82) is 0 Å². The van der Waals surface area contributed by atoms with Crippen molar-refractivity contribution < 1.29 is 35.1 Å². The van der Waals surface area contributed by atoms with Crippen LogP contribution in [0, 0.1) is 29.2 Å². The summed E-state index contributed by atoms with van der Waals surface area (Å²) in [5, 5.41) is 0. The van der Waals surface area contributed by atoms with Crippen molar-refractivity contribution in [2.24, 2.45) is 5.92 Å². The second kappa shape index (κ2) is 4.72. The molecular weight excluding hydrogens is 380 g/mol. The molecule has 0 unspecified atom stereocenters. The SMILES string of the molecule is FC1=C(F)[C@]2(F)c3c(F)c(F)c(F)c(F)c3[C@]1(F)[C@@H]1Cc3ccccc3[C@@H]12. The van der Waals surface area contributed by atoms with Crippen LogP contribution in [0.5, 0.6) is 0 Å². The monoisotopic (exact) mass is 388 g/mol. The van der Waals surface area contributed by atoms with Crippen LogP contribution in [0.4, 0.5) is 35.1 Å². The lowest BCUT2D eigenvalue weighted by atomic mass is 9.55. The van der Waals surface area contributed by atoms with Crippen LogP contribution in [0.1, 0.15) is 28.2 Å².